The Morgan fingerprint density at radius 3 is 1.70 bits per heavy atom. The third kappa shape index (κ3) is 15.9. The van der Waals surface area contributed by atoms with Crippen molar-refractivity contribution >= 4 is 17.9 Å². The lowest BCUT2D eigenvalue weighted by molar-refractivity contribution is -0.193. The van der Waals surface area contributed by atoms with Crippen molar-refractivity contribution in [1.82, 2.24) is 19.7 Å². The highest BCUT2D eigenvalue weighted by Gasteiger charge is 2.43. The molecule has 0 aliphatic carbocycles. The molecule has 0 saturated carbocycles. The van der Waals surface area contributed by atoms with Crippen LogP contribution >= 0.6 is 0 Å². The van der Waals surface area contributed by atoms with Gasteiger partial charge in [-0.2, -0.15) is 39.5 Å². The smallest absolute Gasteiger partial charge is 0.475 e. The zero-order valence-corrected chi connectivity index (χ0v) is 24.5. The molecule has 1 aromatic rings. The molecule has 4 heterocycles. The normalized spacial score (nSPS) is 22.8. The fourth-order valence-electron chi connectivity index (χ4n) is 4.68. The fraction of sp³-hybridized carbons (Fsp3) is 0.692. The highest BCUT2D eigenvalue weighted by Crippen LogP contribution is 2.37. The maximum atomic E-state index is 10.6. The minimum absolute atomic E-state index is 0.114. The molecule has 1 aromatic heterocycles. The van der Waals surface area contributed by atoms with Gasteiger partial charge in [0.05, 0.1) is 11.7 Å². The molecule has 2 atom stereocenters. The largest absolute Gasteiger partial charge is 0.490 e. The van der Waals surface area contributed by atoms with Crippen molar-refractivity contribution in [3.63, 3.8) is 0 Å². The van der Waals surface area contributed by atoms with Crippen molar-refractivity contribution in [2.45, 2.75) is 62.5 Å². The summed E-state index contributed by atoms with van der Waals surface area (Å²) in [7, 11) is 2.22. The van der Waals surface area contributed by atoms with Gasteiger partial charge >= 0.3 is 36.4 Å². The van der Waals surface area contributed by atoms with E-state index in [9.17, 15) is 39.5 Å². The van der Waals surface area contributed by atoms with Gasteiger partial charge in [0, 0.05) is 64.8 Å². The Morgan fingerprint density at radius 2 is 1.26 bits per heavy atom. The van der Waals surface area contributed by atoms with Crippen LogP contribution in [0.3, 0.4) is 0 Å². The second kappa shape index (κ2) is 17.6. The third-order valence-electron chi connectivity index (χ3n) is 6.91. The molecule has 0 bridgehead atoms. The highest BCUT2D eigenvalue weighted by molar-refractivity contribution is 5.73. The molecule has 3 fully saturated rings. The molecule has 0 aromatic carbocycles. The standard InChI is InChI=1S/C20H32N4O.3C2HF3O2/c1-22-11-13-23(14-12-22)16-19-3-2-6-20(25-19)7-10-24(17-20)15-18-4-8-21-9-5-18;3*3-2(4,5)1(6)7/h4-5,8-9,19H,2-3,6-7,10-17H2,1H3;3*(H,6,7)/t19-,20-;;;/m1.../s1. The zero-order valence-electron chi connectivity index (χ0n) is 24.5. The van der Waals surface area contributed by atoms with Crippen LogP contribution in [-0.4, -0.2) is 136 Å². The molecule has 0 radical (unpaired) electrons. The second-order valence-electron chi connectivity index (χ2n) is 10.6. The number of alkyl halides is 9. The van der Waals surface area contributed by atoms with Crippen LogP contribution in [0, 0.1) is 0 Å². The molecule has 4 rings (SSSR count). The topological polar surface area (TPSA) is 144 Å². The first-order valence-corrected chi connectivity index (χ1v) is 13.6. The summed E-state index contributed by atoms with van der Waals surface area (Å²) >= 11 is 0. The summed E-state index contributed by atoms with van der Waals surface area (Å²) in [5.74, 6) is -8.27. The van der Waals surface area contributed by atoms with E-state index in [1.54, 1.807) is 0 Å². The Labute approximate surface area is 257 Å². The summed E-state index contributed by atoms with van der Waals surface area (Å²) < 4.78 is 102. The molecule has 0 unspecified atom stereocenters. The number of rotatable bonds is 4. The van der Waals surface area contributed by atoms with Crippen LogP contribution in [0.15, 0.2) is 24.5 Å². The Bertz CT molecular complexity index is 1040. The van der Waals surface area contributed by atoms with E-state index in [2.05, 4.69) is 38.9 Å². The Morgan fingerprint density at radius 1 is 0.804 bits per heavy atom. The molecule has 0 amide bonds. The monoisotopic (exact) mass is 686 g/mol. The summed E-state index contributed by atoms with van der Waals surface area (Å²) in [6.07, 6.45) is -6.05. The molecule has 20 heteroatoms. The van der Waals surface area contributed by atoms with Crippen LogP contribution < -0.4 is 0 Å². The first kappa shape index (κ1) is 40.8. The van der Waals surface area contributed by atoms with Gasteiger partial charge in [-0.15, -0.1) is 0 Å². The number of carboxylic acid groups (broad SMARTS) is 3. The number of halogens is 9. The first-order valence-electron chi connectivity index (χ1n) is 13.6. The van der Waals surface area contributed by atoms with Crippen molar-refractivity contribution in [1.29, 1.82) is 0 Å². The second-order valence-corrected chi connectivity index (χ2v) is 10.6. The molecular weight excluding hydrogens is 651 g/mol. The Kier molecular flexibility index (Phi) is 15.6. The van der Waals surface area contributed by atoms with Gasteiger partial charge in [-0.05, 0) is 50.4 Å². The summed E-state index contributed by atoms with van der Waals surface area (Å²) in [5.41, 5.74) is 1.47. The van der Waals surface area contributed by atoms with E-state index in [-0.39, 0.29) is 5.60 Å². The Hall–Kier alpha value is -3.23. The van der Waals surface area contributed by atoms with E-state index in [1.165, 1.54) is 57.4 Å². The predicted molar refractivity (Wildman–Crippen MR) is 141 cm³/mol. The molecule has 3 aliphatic heterocycles. The number of piperazine rings is 1. The van der Waals surface area contributed by atoms with Crippen molar-refractivity contribution in [3.8, 4) is 0 Å². The number of carbonyl (C=O) groups is 3. The molecule has 11 nitrogen and oxygen atoms in total. The van der Waals surface area contributed by atoms with Gasteiger partial charge in [0.1, 0.15) is 0 Å². The van der Waals surface area contributed by atoms with Gasteiger partial charge in [0.25, 0.3) is 0 Å². The van der Waals surface area contributed by atoms with Crippen LogP contribution in [0.2, 0.25) is 0 Å². The number of hydrogen-bond acceptors (Lipinski definition) is 8. The lowest BCUT2D eigenvalue weighted by Gasteiger charge is -2.42. The predicted octanol–water partition coefficient (Wildman–Crippen LogP) is 3.74. The molecular formula is C26H35F9N4O7. The Balaban J connectivity index is 0.000000413. The number of likely N-dealkylation sites (tertiary alicyclic amines) is 1. The number of carboxylic acids is 3. The van der Waals surface area contributed by atoms with Crippen LogP contribution in [0.1, 0.15) is 31.2 Å². The summed E-state index contributed by atoms with van der Waals surface area (Å²) in [6, 6.07) is 4.26. The number of aromatic nitrogens is 1. The summed E-state index contributed by atoms with van der Waals surface area (Å²) in [5, 5.41) is 21.4. The first-order chi connectivity index (χ1) is 21.0. The van der Waals surface area contributed by atoms with Crippen LogP contribution in [0.25, 0.3) is 0 Å². The van der Waals surface area contributed by atoms with Gasteiger partial charge in [-0.1, -0.05) is 0 Å². The number of likely N-dealkylation sites (N-methyl/N-ethyl adjacent to an activating group) is 1. The minimum atomic E-state index is -5.08. The van der Waals surface area contributed by atoms with Gasteiger partial charge in [-0.3, -0.25) is 14.8 Å². The summed E-state index contributed by atoms with van der Waals surface area (Å²) in [4.78, 5) is 38.4. The highest BCUT2D eigenvalue weighted by atomic mass is 19.4. The quantitative estimate of drug-likeness (QED) is 0.399. The van der Waals surface area contributed by atoms with Gasteiger partial charge in [0.2, 0.25) is 0 Å². The fourth-order valence-corrected chi connectivity index (χ4v) is 4.68. The van der Waals surface area contributed by atoms with Gasteiger partial charge < -0.3 is 25.0 Å². The number of nitrogens with zero attached hydrogens (tertiary/aromatic N) is 4. The van der Waals surface area contributed by atoms with Crippen LogP contribution in [0.4, 0.5) is 39.5 Å². The number of hydrogen-bond donors (Lipinski definition) is 3. The van der Waals surface area contributed by atoms with Gasteiger partial charge in [0.15, 0.2) is 0 Å². The third-order valence-corrected chi connectivity index (χ3v) is 6.91. The minimum Gasteiger partial charge on any atom is -0.475 e. The van der Waals surface area contributed by atoms with Crippen molar-refractivity contribution < 1.29 is 74.0 Å². The molecule has 264 valence electrons. The van der Waals surface area contributed by atoms with E-state index in [1.807, 2.05) is 12.4 Å². The molecule has 1 spiro atoms. The average molecular weight is 687 g/mol. The maximum absolute atomic E-state index is 10.6. The number of pyridine rings is 1. The lowest BCUT2D eigenvalue weighted by Crippen LogP contribution is -2.51. The van der Waals surface area contributed by atoms with Crippen LogP contribution in [0.5, 0.6) is 0 Å². The molecule has 46 heavy (non-hydrogen) atoms. The molecule has 3 saturated heterocycles. The van der Waals surface area contributed by atoms with E-state index in [0.717, 1.165) is 26.2 Å². The van der Waals surface area contributed by atoms with Crippen LogP contribution in [-0.2, 0) is 25.7 Å². The molecule has 3 N–H and O–H groups in total. The van der Waals surface area contributed by atoms with E-state index >= 15 is 0 Å². The van der Waals surface area contributed by atoms with E-state index in [4.69, 9.17) is 34.4 Å². The summed E-state index contributed by atoms with van der Waals surface area (Å²) in [6.45, 7) is 9.17. The maximum Gasteiger partial charge on any atom is 0.490 e. The number of ether oxygens (including phenoxy) is 1. The SMILES string of the molecule is CN1CCN(C[C@H]2CCC[C@]3(CCN(Cc4ccncc4)C3)O2)CC1.O=C(O)C(F)(F)F.O=C(O)C(F)(F)F.O=C(O)C(F)(F)F. The van der Waals surface area contributed by atoms with Crippen molar-refractivity contribution in [3.05, 3.63) is 30.1 Å². The van der Waals surface area contributed by atoms with E-state index < -0.39 is 36.4 Å². The average Bonchev–Trinajstić information content (AvgIpc) is 3.31. The van der Waals surface area contributed by atoms with Crippen molar-refractivity contribution in [2.75, 3.05) is 52.9 Å². The lowest BCUT2D eigenvalue weighted by atomic mass is 9.90. The zero-order chi connectivity index (χ0) is 35.3. The van der Waals surface area contributed by atoms with E-state index in [0.29, 0.717) is 6.10 Å². The van der Waals surface area contributed by atoms with Crippen molar-refractivity contribution in [2.24, 2.45) is 0 Å². The molecule has 3 aliphatic rings. The number of aliphatic carboxylic acids is 3. The van der Waals surface area contributed by atoms with Gasteiger partial charge in [-0.25, -0.2) is 14.4 Å².